The highest BCUT2D eigenvalue weighted by Crippen LogP contribution is 2.31. The highest BCUT2D eigenvalue weighted by molar-refractivity contribution is 4.90. The number of hydrogen-bond acceptors (Lipinski definition) is 2. The van der Waals surface area contributed by atoms with E-state index >= 15 is 0 Å². The molecule has 0 bridgehead atoms. The lowest BCUT2D eigenvalue weighted by atomic mass is 10.1. The summed E-state index contributed by atoms with van der Waals surface area (Å²) in [7, 11) is 0. The van der Waals surface area contributed by atoms with E-state index < -0.39 is 12.5 Å². The van der Waals surface area contributed by atoms with E-state index in [2.05, 4.69) is 10.2 Å². The Morgan fingerprint density at radius 3 is 2.67 bits per heavy atom. The van der Waals surface area contributed by atoms with Crippen LogP contribution in [0.1, 0.15) is 26.2 Å². The number of nitrogens with one attached hydrogen (secondary N) is 1. The van der Waals surface area contributed by atoms with Crippen LogP contribution in [0.3, 0.4) is 0 Å². The van der Waals surface area contributed by atoms with Gasteiger partial charge in [0.25, 0.3) is 6.43 Å². The molecular weight excluding hydrogens is 198 g/mol. The molecule has 2 unspecified atom stereocenters. The van der Waals surface area contributed by atoms with Gasteiger partial charge in [-0.3, -0.25) is 0 Å². The summed E-state index contributed by atoms with van der Waals surface area (Å²) in [4.78, 5) is 2.51. The first-order valence-corrected chi connectivity index (χ1v) is 5.92. The van der Waals surface area contributed by atoms with E-state index in [1.807, 2.05) is 0 Å². The number of hydrogen-bond donors (Lipinski definition) is 1. The molecule has 0 radical (unpaired) electrons. The van der Waals surface area contributed by atoms with Crippen LogP contribution in [0.25, 0.3) is 0 Å². The first-order chi connectivity index (χ1) is 7.16. The fourth-order valence-electron chi connectivity index (χ4n) is 2.24. The Morgan fingerprint density at radius 1 is 1.33 bits per heavy atom. The molecule has 0 aromatic carbocycles. The van der Waals surface area contributed by atoms with Crippen molar-refractivity contribution in [1.29, 1.82) is 0 Å². The summed E-state index contributed by atoms with van der Waals surface area (Å²) < 4.78 is 24.5. The third-order valence-corrected chi connectivity index (χ3v) is 3.49. The zero-order valence-electron chi connectivity index (χ0n) is 9.26. The Hall–Kier alpha value is -0.220. The maximum atomic E-state index is 12.2. The lowest BCUT2D eigenvalue weighted by Gasteiger charge is -2.17. The minimum atomic E-state index is -2.24. The minimum Gasteiger partial charge on any atom is -0.309 e. The Bertz CT molecular complexity index is 207. The van der Waals surface area contributed by atoms with Crippen LogP contribution in [0, 0.1) is 5.92 Å². The van der Waals surface area contributed by atoms with Crippen LogP contribution in [0.2, 0.25) is 0 Å². The summed E-state index contributed by atoms with van der Waals surface area (Å²) in [5.74, 6) is 0.576. The summed E-state index contributed by atoms with van der Waals surface area (Å²) in [6.07, 6.45) is 1.60. The van der Waals surface area contributed by atoms with Gasteiger partial charge < -0.3 is 10.2 Å². The molecule has 88 valence electrons. The van der Waals surface area contributed by atoms with Crippen LogP contribution in [0.15, 0.2) is 0 Å². The predicted octanol–water partition coefficient (Wildman–Crippen LogP) is 1.71. The van der Waals surface area contributed by atoms with Crippen molar-refractivity contribution in [3.05, 3.63) is 0 Å². The molecule has 0 aromatic heterocycles. The fraction of sp³-hybridized carbons (Fsp3) is 1.00. The molecule has 2 nitrogen and oxygen atoms in total. The average molecular weight is 218 g/mol. The second-order valence-electron chi connectivity index (χ2n) is 4.91. The van der Waals surface area contributed by atoms with Crippen molar-refractivity contribution in [2.24, 2.45) is 5.92 Å². The number of likely N-dealkylation sites (tertiary alicyclic amines) is 1. The van der Waals surface area contributed by atoms with Gasteiger partial charge in [-0.15, -0.1) is 0 Å². The second kappa shape index (κ2) is 4.74. The van der Waals surface area contributed by atoms with Gasteiger partial charge in [-0.05, 0) is 45.2 Å². The maximum absolute atomic E-state index is 12.2. The van der Waals surface area contributed by atoms with Crippen LogP contribution in [0.5, 0.6) is 0 Å². The van der Waals surface area contributed by atoms with E-state index in [1.54, 1.807) is 6.92 Å². The molecule has 2 fully saturated rings. The van der Waals surface area contributed by atoms with Gasteiger partial charge in [0.05, 0.1) is 6.04 Å². The average Bonchev–Trinajstić information content (AvgIpc) is 2.95. The molecule has 1 heterocycles. The topological polar surface area (TPSA) is 15.3 Å². The van der Waals surface area contributed by atoms with Crippen molar-refractivity contribution in [2.45, 2.75) is 44.7 Å². The quantitative estimate of drug-likeness (QED) is 0.755. The Labute approximate surface area is 90.0 Å². The monoisotopic (exact) mass is 218 g/mol. The first kappa shape index (κ1) is 11.3. The molecule has 4 heteroatoms. The zero-order chi connectivity index (χ0) is 10.8. The molecule has 1 saturated carbocycles. The number of nitrogens with zero attached hydrogens (tertiary/aromatic N) is 1. The highest BCUT2D eigenvalue weighted by Gasteiger charge is 2.34. The normalized spacial score (nSPS) is 30.0. The van der Waals surface area contributed by atoms with Gasteiger partial charge in [-0.1, -0.05) is 0 Å². The Morgan fingerprint density at radius 2 is 2.07 bits per heavy atom. The van der Waals surface area contributed by atoms with Gasteiger partial charge in [-0.25, -0.2) is 8.78 Å². The van der Waals surface area contributed by atoms with Crippen molar-refractivity contribution in [3.8, 4) is 0 Å². The standard InChI is InChI=1S/C11H20F2N2/c1-8(11(12)13)14-6-9-4-5-15(7-9)10-2-3-10/h8-11,14H,2-7H2,1H3. The van der Waals surface area contributed by atoms with E-state index in [9.17, 15) is 8.78 Å². The van der Waals surface area contributed by atoms with Crippen molar-refractivity contribution in [1.82, 2.24) is 10.2 Å². The molecule has 1 aliphatic carbocycles. The number of alkyl halides is 2. The van der Waals surface area contributed by atoms with E-state index in [0.717, 1.165) is 19.1 Å². The third-order valence-electron chi connectivity index (χ3n) is 3.49. The fourth-order valence-corrected chi connectivity index (χ4v) is 2.24. The lowest BCUT2D eigenvalue weighted by molar-refractivity contribution is 0.104. The molecule has 2 rings (SSSR count). The van der Waals surface area contributed by atoms with Crippen molar-refractivity contribution < 1.29 is 8.78 Å². The van der Waals surface area contributed by atoms with E-state index in [4.69, 9.17) is 0 Å². The molecule has 0 amide bonds. The van der Waals surface area contributed by atoms with Gasteiger partial charge in [-0.2, -0.15) is 0 Å². The SMILES string of the molecule is CC(NCC1CCN(C2CC2)C1)C(F)F. The van der Waals surface area contributed by atoms with Gasteiger partial charge in [0, 0.05) is 12.6 Å². The van der Waals surface area contributed by atoms with Crippen molar-refractivity contribution in [3.63, 3.8) is 0 Å². The Kier molecular flexibility index (Phi) is 3.57. The molecular formula is C11H20F2N2. The van der Waals surface area contributed by atoms with Crippen molar-refractivity contribution in [2.75, 3.05) is 19.6 Å². The van der Waals surface area contributed by atoms with Crippen LogP contribution >= 0.6 is 0 Å². The largest absolute Gasteiger partial charge is 0.309 e. The van der Waals surface area contributed by atoms with Gasteiger partial charge in [0.2, 0.25) is 0 Å². The van der Waals surface area contributed by atoms with E-state index in [-0.39, 0.29) is 0 Å². The minimum absolute atomic E-state index is 0.576. The molecule has 1 saturated heterocycles. The molecule has 2 aliphatic rings. The second-order valence-corrected chi connectivity index (χ2v) is 4.91. The Balaban J connectivity index is 1.63. The first-order valence-electron chi connectivity index (χ1n) is 5.92. The molecule has 0 aromatic rings. The summed E-state index contributed by atoms with van der Waals surface area (Å²) in [6.45, 7) is 4.57. The van der Waals surface area contributed by atoms with Crippen LogP contribution < -0.4 is 5.32 Å². The smallest absolute Gasteiger partial charge is 0.253 e. The molecule has 1 aliphatic heterocycles. The predicted molar refractivity (Wildman–Crippen MR) is 56.2 cm³/mol. The lowest BCUT2D eigenvalue weighted by Crippen LogP contribution is -2.37. The summed E-state index contributed by atoms with van der Waals surface area (Å²) in [5.41, 5.74) is 0. The van der Waals surface area contributed by atoms with Gasteiger partial charge >= 0.3 is 0 Å². The van der Waals surface area contributed by atoms with E-state index in [0.29, 0.717) is 5.92 Å². The van der Waals surface area contributed by atoms with Crippen LogP contribution in [-0.2, 0) is 0 Å². The third kappa shape index (κ3) is 3.11. The summed E-state index contributed by atoms with van der Waals surface area (Å²) in [5, 5.41) is 2.93. The van der Waals surface area contributed by atoms with Crippen molar-refractivity contribution >= 4 is 0 Å². The molecule has 1 N–H and O–H groups in total. The zero-order valence-corrected chi connectivity index (χ0v) is 9.26. The highest BCUT2D eigenvalue weighted by atomic mass is 19.3. The van der Waals surface area contributed by atoms with Crippen LogP contribution in [-0.4, -0.2) is 43.0 Å². The maximum Gasteiger partial charge on any atom is 0.253 e. The number of rotatable bonds is 5. The summed E-state index contributed by atoms with van der Waals surface area (Å²) >= 11 is 0. The number of halogens is 2. The summed E-state index contributed by atoms with van der Waals surface area (Å²) in [6, 6.07) is 0.155. The van der Waals surface area contributed by atoms with E-state index in [1.165, 1.54) is 25.8 Å². The molecule has 0 spiro atoms. The van der Waals surface area contributed by atoms with Gasteiger partial charge in [0.1, 0.15) is 0 Å². The van der Waals surface area contributed by atoms with Crippen LogP contribution in [0.4, 0.5) is 8.78 Å². The van der Waals surface area contributed by atoms with Gasteiger partial charge in [0.15, 0.2) is 0 Å². The molecule has 2 atom stereocenters. The molecule has 15 heavy (non-hydrogen) atoms.